The second-order valence-corrected chi connectivity index (χ2v) is 5.70. The lowest BCUT2D eigenvalue weighted by molar-refractivity contribution is -0.143. The van der Waals surface area contributed by atoms with Gasteiger partial charge in [0.15, 0.2) is 0 Å². The van der Waals surface area contributed by atoms with Crippen molar-refractivity contribution < 1.29 is 9.59 Å². The summed E-state index contributed by atoms with van der Waals surface area (Å²) in [7, 11) is 0. The Morgan fingerprint density at radius 2 is 2.00 bits per heavy atom. The van der Waals surface area contributed by atoms with Crippen LogP contribution >= 0.6 is 24.2 Å². The predicted octanol–water partition coefficient (Wildman–Crippen LogP) is 0.542. The Bertz CT molecular complexity index is 324. The SMILES string of the molecule is CCCC(=O)N1CSCC1C(=O)N1CCNCC1.Cl. The maximum atomic E-state index is 12.4. The molecule has 0 spiro atoms. The van der Waals surface area contributed by atoms with E-state index in [-0.39, 0.29) is 30.3 Å². The number of nitrogens with zero attached hydrogens (tertiary/aromatic N) is 2. The summed E-state index contributed by atoms with van der Waals surface area (Å²) in [6.45, 7) is 5.23. The molecule has 2 heterocycles. The summed E-state index contributed by atoms with van der Waals surface area (Å²) < 4.78 is 0. The zero-order valence-corrected chi connectivity index (χ0v) is 12.9. The van der Waals surface area contributed by atoms with Gasteiger partial charge >= 0.3 is 0 Å². The molecule has 2 rings (SSSR count). The normalized spacial score (nSPS) is 23.1. The molecule has 2 aliphatic rings. The zero-order chi connectivity index (χ0) is 13.0. The van der Waals surface area contributed by atoms with Crippen LogP contribution in [0.15, 0.2) is 0 Å². The Kier molecular flexibility index (Phi) is 6.96. The predicted molar refractivity (Wildman–Crippen MR) is 79.6 cm³/mol. The standard InChI is InChI=1S/C12H21N3O2S.ClH/c1-2-3-11(16)15-9-18-8-10(15)12(17)14-6-4-13-5-7-14;/h10,13H,2-9H2,1H3;1H. The van der Waals surface area contributed by atoms with Crippen LogP contribution in [0.1, 0.15) is 19.8 Å². The van der Waals surface area contributed by atoms with Crippen molar-refractivity contribution in [1.82, 2.24) is 15.1 Å². The van der Waals surface area contributed by atoms with E-state index in [4.69, 9.17) is 0 Å². The monoisotopic (exact) mass is 307 g/mol. The number of nitrogens with one attached hydrogen (secondary N) is 1. The maximum Gasteiger partial charge on any atom is 0.246 e. The summed E-state index contributed by atoms with van der Waals surface area (Å²) in [6, 6.07) is -0.229. The average molecular weight is 308 g/mol. The van der Waals surface area contributed by atoms with Crippen LogP contribution in [0.3, 0.4) is 0 Å². The fraction of sp³-hybridized carbons (Fsp3) is 0.833. The molecule has 2 amide bonds. The first-order valence-electron chi connectivity index (χ1n) is 6.60. The number of hydrogen-bond acceptors (Lipinski definition) is 4. The van der Waals surface area contributed by atoms with Crippen LogP contribution in [-0.2, 0) is 9.59 Å². The molecule has 0 aromatic heterocycles. The van der Waals surface area contributed by atoms with Crippen molar-refractivity contribution in [2.24, 2.45) is 0 Å². The summed E-state index contributed by atoms with van der Waals surface area (Å²) in [6.07, 6.45) is 1.39. The number of halogens is 1. The van der Waals surface area contributed by atoms with E-state index in [2.05, 4.69) is 5.32 Å². The van der Waals surface area contributed by atoms with E-state index in [9.17, 15) is 9.59 Å². The van der Waals surface area contributed by atoms with Gasteiger partial charge in [0, 0.05) is 38.4 Å². The van der Waals surface area contributed by atoms with Gasteiger partial charge in [-0.2, -0.15) is 0 Å². The van der Waals surface area contributed by atoms with E-state index < -0.39 is 0 Å². The molecule has 110 valence electrons. The largest absolute Gasteiger partial charge is 0.338 e. The number of hydrogen-bond donors (Lipinski definition) is 1. The molecule has 0 aliphatic carbocycles. The Balaban J connectivity index is 0.00000180. The molecule has 5 nitrogen and oxygen atoms in total. The summed E-state index contributed by atoms with van der Waals surface area (Å²) in [5.74, 6) is 1.67. The van der Waals surface area contributed by atoms with Crippen molar-refractivity contribution in [2.75, 3.05) is 37.8 Å². The molecule has 0 radical (unpaired) electrons. The van der Waals surface area contributed by atoms with Gasteiger partial charge in [-0.15, -0.1) is 24.2 Å². The van der Waals surface area contributed by atoms with Crippen molar-refractivity contribution >= 4 is 36.0 Å². The van der Waals surface area contributed by atoms with Gasteiger partial charge in [0.25, 0.3) is 0 Å². The molecule has 1 atom stereocenters. The third-order valence-corrected chi connectivity index (χ3v) is 4.39. The second kappa shape index (κ2) is 7.97. The summed E-state index contributed by atoms with van der Waals surface area (Å²) in [5.41, 5.74) is 0. The number of rotatable bonds is 3. The van der Waals surface area contributed by atoms with Gasteiger partial charge in [0.2, 0.25) is 11.8 Å². The molecule has 2 saturated heterocycles. The average Bonchev–Trinajstić information content (AvgIpc) is 2.88. The molecular weight excluding hydrogens is 286 g/mol. The molecule has 1 unspecified atom stereocenters. The minimum absolute atomic E-state index is 0. The minimum atomic E-state index is -0.229. The van der Waals surface area contributed by atoms with Crippen LogP contribution in [0.4, 0.5) is 0 Å². The van der Waals surface area contributed by atoms with E-state index in [0.717, 1.165) is 38.4 Å². The van der Waals surface area contributed by atoms with E-state index in [1.54, 1.807) is 16.7 Å². The lowest BCUT2D eigenvalue weighted by atomic mass is 10.2. The first-order chi connectivity index (χ1) is 8.74. The quantitative estimate of drug-likeness (QED) is 0.827. The van der Waals surface area contributed by atoms with E-state index >= 15 is 0 Å². The summed E-state index contributed by atoms with van der Waals surface area (Å²) in [4.78, 5) is 28.0. The third-order valence-electron chi connectivity index (χ3n) is 3.38. The van der Waals surface area contributed by atoms with Gasteiger partial charge in [0.1, 0.15) is 6.04 Å². The highest BCUT2D eigenvalue weighted by atomic mass is 35.5. The smallest absolute Gasteiger partial charge is 0.246 e. The molecule has 1 N–H and O–H groups in total. The summed E-state index contributed by atoms with van der Waals surface area (Å²) in [5, 5.41) is 3.23. The molecular formula is C12H22ClN3O2S. The lowest BCUT2D eigenvalue weighted by Gasteiger charge is -2.32. The van der Waals surface area contributed by atoms with Gasteiger partial charge in [-0.05, 0) is 6.42 Å². The van der Waals surface area contributed by atoms with E-state index in [1.165, 1.54) is 0 Å². The highest BCUT2D eigenvalue weighted by Gasteiger charge is 2.36. The van der Waals surface area contributed by atoms with E-state index in [0.29, 0.717) is 12.3 Å². The molecule has 2 fully saturated rings. The Morgan fingerprint density at radius 1 is 1.32 bits per heavy atom. The molecule has 0 bridgehead atoms. The fourth-order valence-electron chi connectivity index (χ4n) is 2.35. The van der Waals surface area contributed by atoms with Crippen molar-refractivity contribution in [3.05, 3.63) is 0 Å². The van der Waals surface area contributed by atoms with Crippen LogP contribution in [-0.4, -0.2) is 65.5 Å². The molecule has 2 aliphatic heterocycles. The molecule has 19 heavy (non-hydrogen) atoms. The number of piperazine rings is 1. The van der Waals surface area contributed by atoms with Crippen molar-refractivity contribution in [1.29, 1.82) is 0 Å². The van der Waals surface area contributed by atoms with Crippen LogP contribution < -0.4 is 5.32 Å². The first-order valence-corrected chi connectivity index (χ1v) is 7.76. The highest BCUT2D eigenvalue weighted by Crippen LogP contribution is 2.23. The van der Waals surface area contributed by atoms with Crippen LogP contribution in [0.2, 0.25) is 0 Å². The molecule has 0 saturated carbocycles. The molecule has 7 heteroatoms. The number of carbonyl (C=O) groups excluding carboxylic acids is 2. The van der Waals surface area contributed by atoms with Crippen LogP contribution in [0, 0.1) is 0 Å². The van der Waals surface area contributed by atoms with Gasteiger partial charge in [-0.25, -0.2) is 0 Å². The van der Waals surface area contributed by atoms with Gasteiger partial charge in [0.05, 0.1) is 5.88 Å². The van der Waals surface area contributed by atoms with Crippen LogP contribution in [0.25, 0.3) is 0 Å². The summed E-state index contributed by atoms with van der Waals surface area (Å²) >= 11 is 1.68. The Labute approximate surface area is 124 Å². The number of carbonyl (C=O) groups is 2. The number of amides is 2. The molecule has 0 aromatic carbocycles. The number of thioether (sulfide) groups is 1. The van der Waals surface area contributed by atoms with Crippen molar-refractivity contribution in [3.8, 4) is 0 Å². The first kappa shape index (κ1) is 16.6. The third kappa shape index (κ3) is 4.00. The van der Waals surface area contributed by atoms with Crippen molar-refractivity contribution in [2.45, 2.75) is 25.8 Å². The van der Waals surface area contributed by atoms with Gasteiger partial charge < -0.3 is 15.1 Å². The Hall–Kier alpha value is -0.460. The maximum absolute atomic E-state index is 12.4. The van der Waals surface area contributed by atoms with Gasteiger partial charge in [-0.1, -0.05) is 6.92 Å². The topological polar surface area (TPSA) is 52.7 Å². The van der Waals surface area contributed by atoms with E-state index in [1.807, 2.05) is 11.8 Å². The van der Waals surface area contributed by atoms with Crippen molar-refractivity contribution in [3.63, 3.8) is 0 Å². The second-order valence-electron chi connectivity index (χ2n) is 4.70. The zero-order valence-electron chi connectivity index (χ0n) is 11.3. The Morgan fingerprint density at radius 3 is 2.63 bits per heavy atom. The fourth-order valence-corrected chi connectivity index (χ4v) is 3.52. The van der Waals surface area contributed by atoms with Crippen LogP contribution in [0.5, 0.6) is 0 Å². The van der Waals surface area contributed by atoms with Gasteiger partial charge in [-0.3, -0.25) is 9.59 Å². The molecule has 0 aromatic rings. The lowest BCUT2D eigenvalue weighted by Crippen LogP contribution is -2.54. The highest BCUT2D eigenvalue weighted by molar-refractivity contribution is 7.99. The minimum Gasteiger partial charge on any atom is -0.338 e.